The molecule has 0 fully saturated rings. The van der Waals surface area contributed by atoms with E-state index in [-0.39, 0.29) is 11.0 Å². The Morgan fingerprint density at radius 3 is 2.33 bits per heavy atom. The van der Waals surface area contributed by atoms with Crippen molar-refractivity contribution >= 4 is 69.8 Å². The van der Waals surface area contributed by atoms with Crippen LogP contribution in [0, 0.1) is 0 Å². The van der Waals surface area contributed by atoms with Crippen molar-refractivity contribution in [2.24, 2.45) is 0 Å². The molecule has 0 spiro atoms. The second-order valence-electron chi connectivity index (χ2n) is 7.48. The third kappa shape index (κ3) is 6.60. The van der Waals surface area contributed by atoms with Gasteiger partial charge in [-0.15, -0.1) is 0 Å². The summed E-state index contributed by atoms with van der Waals surface area (Å²) in [5.74, 6) is 0.308. The minimum absolute atomic E-state index is 0.0991. The van der Waals surface area contributed by atoms with Crippen LogP contribution in [0.25, 0.3) is 17.4 Å². The average Bonchev–Trinajstić information content (AvgIpc) is 3.34. The van der Waals surface area contributed by atoms with E-state index in [1.54, 1.807) is 78.9 Å². The molecular formula is C27H19Cl2N3O3S. The molecule has 0 aliphatic rings. The van der Waals surface area contributed by atoms with Crippen molar-refractivity contribution in [3.8, 4) is 11.3 Å². The number of carbonyl (C=O) groups is 2. The van der Waals surface area contributed by atoms with E-state index in [0.717, 1.165) is 0 Å². The van der Waals surface area contributed by atoms with Gasteiger partial charge in [0.1, 0.15) is 11.5 Å². The highest BCUT2D eigenvalue weighted by Crippen LogP contribution is 2.34. The molecule has 0 unspecified atom stereocenters. The highest BCUT2D eigenvalue weighted by molar-refractivity contribution is 7.80. The van der Waals surface area contributed by atoms with E-state index in [2.05, 4.69) is 16.0 Å². The number of amides is 2. The lowest BCUT2D eigenvalue weighted by molar-refractivity contribution is -0.115. The second-order valence-corrected chi connectivity index (χ2v) is 8.67. The van der Waals surface area contributed by atoms with Crippen LogP contribution in [0.3, 0.4) is 0 Å². The largest absolute Gasteiger partial charge is 0.457 e. The van der Waals surface area contributed by atoms with Crippen molar-refractivity contribution in [1.82, 2.24) is 5.32 Å². The third-order valence-electron chi connectivity index (χ3n) is 4.89. The fourth-order valence-corrected chi connectivity index (χ4v) is 3.83. The Balaban J connectivity index is 1.32. The van der Waals surface area contributed by atoms with Gasteiger partial charge >= 0.3 is 0 Å². The zero-order valence-corrected chi connectivity index (χ0v) is 21.0. The van der Waals surface area contributed by atoms with Crippen molar-refractivity contribution in [2.45, 2.75) is 0 Å². The van der Waals surface area contributed by atoms with Crippen molar-refractivity contribution in [1.29, 1.82) is 0 Å². The van der Waals surface area contributed by atoms with Gasteiger partial charge in [-0.1, -0.05) is 53.5 Å². The zero-order chi connectivity index (χ0) is 25.5. The van der Waals surface area contributed by atoms with Gasteiger partial charge in [0.2, 0.25) is 5.91 Å². The third-order valence-corrected chi connectivity index (χ3v) is 5.92. The molecule has 0 radical (unpaired) electrons. The van der Waals surface area contributed by atoms with Crippen molar-refractivity contribution < 1.29 is 14.0 Å². The van der Waals surface area contributed by atoms with Gasteiger partial charge in [-0.05, 0) is 72.9 Å². The van der Waals surface area contributed by atoms with E-state index < -0.39 is 5.91 Å². The average molecular weight is 536 g/mol. The van der Waals surface area contributed by atoms with Crippen molar-refractivity contribution in [3.05, 3.63) is 112 Å². The highest BCUT2D eigenvalue weighted by atomic mass is 35.5. The summed E-state index contributed by atoms with van der Waals surface area (Å²) in [6.07, 6.45) is 2.81. The smallest absolute Gasteiger partial charge is 0.255 e. The Morgan fingerprint density at radius 1 is 0.833 bits per heavy atom. The van der Waals surface area contributed by atoms with Crippen LogP contribution in [0.2, 0.25) is 10.0 Å². The van der Waals surface area contributed by atoms with E-state index in [0.29, 0.717) is 44.1 Å². The van der Waals surface area contributed by atoms with Gasteiger partial charge in [-0.3, -0.25) is 14.9 Å². The van der Waals surface area contributed by atoms with E-state index in [1.165, 1.54) is 12.2 Å². The van der Waals surface area contributed by atoms with Crippen molar-refractivity contribution in [2.75, 3.05) is 10.6 Å². The monoisotopic (exact) mass is 535 g/mol. The fourth-order valence-electron chi connectivity index (χ4n) is 3.22. The number of thiocarbonyl (C=S) groups is 1. The first-order chi connectivity index (χ1) is 17.4. The van der Waals surface area contributed by atoms with Crippen LogP contribution in [-0.4, -0.2) is 16.9 Å². The molecule has 0 aliphatic heterocycles. The van der Waals surface area contributed by atoms with Gasteiger partial charge in [0.25, 0.3) is 5.91 Å². The van der Waals surface area contributed by atoms with Gasteiger partial charge in [-0.2, -0.15) is 0 Å². The molecule has 1 aromatic heterocycles. The van der Waals surface area contributed by atoms with Gasteiger partial charge in [-0.25, -0.2) is 0 Å². The molecule has 0 aliphatic carbocycles. The van der Waals surface area contributed by atoms with E-state index in [1.807, 2.05) is 6.07 Å². The van der Waals surface area contributed by atoms with E-state index in [4.69, 9.17) is 39.8 Å². The number of rotatable bonds is 6. The first-order valence-corrected chi connectivity index (χ1v) is 11.9. The van der Waals surface area contributed by atoms with E-state index in [9.17, 15) is 9.59 Å². The molecule has 6 nitrogen and oxygen atoms in total. The summed E-state index contributed by atoms with van der Waals surface area (Å²) in [6.45, 7) is 0. The molecule has 0 saturated heterocycles. The summed E-state index contributed by atoms with van der Waals surface area (Å²) in [6, 6.07) is 24.6. The minimum atomic E-state index is -0.445. The number of nitrogens with one attached hydrogen (secondary N) is 3. The number of anilines is 2. The topological polar surface area (TPSA) is 83.4 Å². The molecule has 4 aromatic rings. The number of furan rings is 1. The predicted molar refractivity (Wildman–Crippen MR) is 148 cm³/mol. The van der Waals surface area contributed by atoms with Gasteiger partial charge in [0.05, 0.1) is 10.0 Å². The molecule has 0 bridgehead atoms. The Labute approximate surface area is 222 Å². The molecule has 2 amide bonds. The van der Waals surface area contributed by atoms with Gasteiger partial charge < -0.3 is 15.1 Å². The molecular weight excluding hydrogens is 517 g/mol. The number of hydrogen-bond acceptors (Lipinski definition) is 4. The SMILES string of the molecule is O=C(C=Cc1ccc(-c2cccc(Cl)c2Cl)o1)NC(=S)Nc1cccc(NC(=O)c2ccccc2)c1. The second kappa shape index (κ2) is 11.7. The maximum atomic E-state index is 12.4. The Bertz CT molecular complexity index is 1450. The molecule has 0 saturated carbocycles. The number of benzene rings is 3. The van der Waals surface area contributed by atoms with Crippen molar-refractivity contribution in [3.63, 3.8) is 0 Å². The molecule has 4 rings (SSSR count). The quantitative estimate of drug-likeness (QED) is 0.182. The molecule has 3 aromatic carbocycles. The Kier molecular flexibility index (Phi) is 8.17. The lowest BCUT2D eigenvalue weighted by atomic mass is 10.2. The lowest BCUT2D eigenvalue weighted by Crippen LogP contribution is -2.32. The summed E-state index contributed by atoms with van der Waals surface area (Å²) in [7, 11) is 0. The molecule has 3 N–H and O–H groups in total. The van der Waals surface area contributed by atoms with Crippen LogP contribution >= 0.6 is 35.4 Å². The normalized spacial score (nSPS) is 10.7. The summed E-state index contributed by atoms with van der Waals surface area (Å²) in [4.78, 5) is 24.7. The summed E-state index contributed by atoms with van der Waals surface area (Å²) in [5.41, 5.74) is 2.38. The van der Waals surface area contributed by atoms with Crippen LogP contribution in [0.4, 0.5) is 11.4 Å². The highest BCUT2D eigenvalue weighted by Gasteiger charge is 2.11. The number of halogens is 2. The molecule has 0 atom stereocenters. The first kappa shape index (κ1) is 25.2. The summed E-state index contributed by atoms with van der Waals surface area (Å²) in [5, 5.41) is 9.23. The fraction of sp³-hybridized carbons (Fsp3) is 0. The van der Waals surface area contributed by atoms with Crippen LogP contribution in [-0.2, 0) is 4.79 Å². The van der Waals surface area contributed by atoms with Crippen LogP contribution in [0.5, 0.6) is 0 Å². The van der Waals surface area contributed by atoms with Gasteiger partial charge in [0, 0.05) is 28.6 Å². The molecule has 180 valence electrons. The minimum Gasteiger partial charge on any atom is -0.457 e. The van der Waals surface area contributed by atoms with Crippen LogP contribution in [0.15, 0.2) is 95.4 Å². The van der Waals surface area contributed by atoms with Crippen LogP contribution in [0.1, 0.15) is 16.1 Å². The molecule has 9 heteroatoms. The zero-order valence-electron chi connectivity index (χ0n) is 18.6. The van der Waals surface area contributed by atoms with E-state index >= 15 is 0 Å². The molecule has 36 heavy (non-hydrogen) atoms. The Hall–Kier alpha value is -3.91. The maximum absolute atomic E-state index is 12.4. The lowest BCUT2D eigenvalue weighted by Gasteiger charge is -2.10. The number of carbonyl (C=O) groups excluding carboxylic acids is 2. The van der Waals surface area contributed by atoms with Crippen LogP contribution < -0.4 is 16.0 Å². The summed E-state index contributed by atoms with van der Waals surface area (Å²) < 4.78 is 5.74. The summed E-state index contributed by atoms with van der Waals surface area (Å²) >= 11 is 17.5. The standard InChI is InChI=1S/C27H19Cl2N3O3S/c28-22-11-5-10-21(25(22)29)23-14-12-20(35-23)13-15-24(33)32-27(36)31-19-9-4-8-18(16-19)30-26(34)17-6-2-1-3-7-17/h1-16H,(H,30,34)(H2,31,32,33,36). The predicted octanol–water partition coefficient (Wildman–Crippen LogP) is 7.03. The van der Waals surface area contributed by atoms with Gasteiger partial charge in [0.15, 0.2) is 5.11 Å². The first-order valence-electron chi connectivity index (χ1n) is 10.7. The Morgan fingerprint density at radius 2 is 1.56 bits per heavy atom. The number of hydrogen-bond donors (Lipinski definition) is 3. The molecule has 1 heterocycles. The maximum Gasteiger partial charge on any atom is 0.255 e.